The van der Waals surface area contributed by atoms with Crippen LogP contribution in [0.3, 0.4) is 0 Å². The topological polar surface area (TPSA) is 43.1 Å². The van der Waals surface area contributed by atoms with Gasteiger partial charge in [0.1, 0.15) is 0 Å². The van der Waals surface area contributed by atoms with Crippen molar-refractivity contribution in [2.75, 3.05) is 0 Å². The first-order chi connectivity index (χ1) is 10.4. The first-order valence-corrected chi connectivity index (χ1v) is 7.04. The summed E-state index contributed by atoms with van der Waals surface area (Å²) in [5.74, 6) is 0.857. The number of hydrogen-bond donors (Lipinski definition) is 0. The third kappa shape index (κ3) is 1.88. The van der Waals surface area contributed by atoms with E-state index in [0.29, 0.717) is 0 Å². The van der Waals surface area contributed by atoms with E-state index in [4.69, 9.17) is 0 Å². The van der Waals surface area contributed by atoms with E-state index in [1.165, 1.54) is 0 Å². The van der Waals surface area contributed by atoms with Crippen LogP contribution in [0.1, 0.15) is 12.7 Å². The van der Waals surface area contributed by atoms with Crippen LogP contribution >= 0.6 is 0 Å². The van der Waals surface area contributed by atoms with Crippen molar-refractivity contribution < 1.29 is 0 Å². The molecule has 0 atom stereocenters. The van der Waals surface area contributed by atoms with E-state index in [2.05, 4.69) is 34.1 Å². The lowest BCUT2D eigenvalue weighted by molar-refractivity contribution is 0.889. The summed E-state index contributed by atoms with van der Waals surface area (Å²) in [6.07, 6.45) is 6.51. The predicted molar refractivity (Wildman–Crippen MR) is 83.1 cm³/mol. The molecule has 3 aromatic heterocycles. The van der Waals surface area contributed by atoms with Gasteiger partial charge in [-0.05, 0) is 17.0 Å². The molecule has 4 nitrogen and oxygen atoms in total. The van der Waals surface area contributed by atoms with Crippen LogP contribution in [0.5, 0.6) is 0 Å². The Balaban J connectivity index is 2.18. The zero-order valence-electron chi connectivity index (χ0n) is 11.7. The van der Waals surface area contributed by atoms with Crippen molar-refractivity contribution in [2.45, 2.75) is 13.3 Å². The van der Waals surface area contributed by atoms with Crippen LogP contribution in [0.4, 0.5) is 0 Å². The number of rotatable bonds is 2. The molecular formula is C17H14N4. The zero-order chi connectivity index (χ0) is 14.2. The van der Waals surface area contributed by atoms with Gasteiger partial charge >= 0.3 is 0 Å². The second kappa shape index (κ2) is 4.66. The highest BCUT2D eigenvalue weighted by Crippen LogP contribution is 2.31. The Labute approximate surface area is 122 Å². The molecule has 0 bridgehead atoms. The minimum Gasteiger partial charge on any atom is -0.264 e. The van der Waals surface area contributed by atoms with Crippen molar-refractivity contribution in [3.63, 3.8) is 0 Å². The third-order valence-electron chi connectivity index (χ3n) is 3.66. The number of benzene rings is 1. The molecule has 0 aliphatic rings. The third-order valence-corrected chi connectivity index (χ3v) is 3.66. The van der Waals surface area contributed by atoms with Gasteiger partial charge in [-0.2, -0.15) is 5.10 Å². The molecule has 0 N–H and O–H groups in total. The maximum Gasteiger partial charge on any atom is 0.164 e. The quantitative estimate of drug-likeness (QED) is 0.562. The second-order valence-electron chi connectivity index (χ2n) is 4.98. The lowest BCUT2D eigenvalue weighted by atomic mass is 10.0. The van der Waals surface area contributed by atoms with Crippen LogP contribution in [0, 0.1) is 0 Å². The Hall–Kier alpha value is -2.75. The number of fused-ring (bicyclic) bond motifs is 2. The molecule has 0 saturated heterocycles. The van der Waals surface area contributed by atoms with Crippen LogP contribution < -0.4 is 0 Å². The van der Waals surface area contributed by atoms with Crippen molar-refractivity contribution in [3.8, 4) is 11.1 Å². The van der Waals surface area contributed by atoms with Crippen LogP contribution in [-0.4, -0.2) is 19.6 Å². The number of pyridine rings is 2. The van der Waals surface area contributed by atoms with E-state index in [1.54, 1.807) is 0 Å². The molecule has 0 saturated carbocycles. The van der Waals surface area contributed by atoms with Crippen molar-refractivity contribution in [2.24, 2.45) is 0 Å². The Morgan fingerprint density at radius 2 is 1.95 bits per heavy atom. The lowest BCUT2D eigenvalue weighted by Crippen LogP contribution is -1.93. The van der Waals surface area contributed by atoms with Gasteiger partial charge in [-0.3, -0.25) is 4.98 Å². The van der Waals surface area contributed by atoms with Crippen LogP contribution in [0.15, 0.2) is 55.0 Å². The smallest absolute Gasteiger partial charge is 0.164 e. The fourth-order valence-corrected chi connectivity index (χ4v) is 2.66. The van der Waals surface area contributed by atoms with E-state index >= 15 is 0 Å². The van der Waals surface area contributed by atoms with Crippen molar-refractivity contribution >= 4 is 16.4 Å². The molecule has 0 unspecified atom stereocenters. The lowest BCUT2D eigenvalue weighted by Gasteiger charge is -2.08. The molecule has 0 aliphatic heterocycles. The number of nitrogens with zero attached hydrogens (tertiary/aromatic N) is 4. The standard InChI is InChI=1S/C17H14N4/c1-2-15-19-17-16(12-6-4-3-5-7-12)14-8-9-18-10-13(14)11-21(17)20-15/h3-11H,2H2,1H3. The van der Waals surface area contributed by atoms with Crippen LogP contribution in [-0.2, 0) is 6.42 Å². The van der Waals surface area contributed by atoms with Crippen molar-refractivity contribution in [1.82, 2.24) is 19.6 Å². The first-order valence-electron chi connectivity index (χ1n) is 7.04. The minimum absolute atomic E-state index is 0.824. The highest BCUT2D eigenvalue weighted by molar-refractivity contribution is 6.01. The fraction of sp³-hybridized carbons (Fsp3) is 0.118. The van der Waals surface area contributed by atoms with Crippen LogP contribution in [0.25, 0.3) is 27.5 Å². The molecule has 21 heavy (non-hydrogen) atoms. The summed E-state index contributed by atoms with van der Waals surface area (Å²) in [4.78, 5) is 8.91. The molecule has 4 aromatic rings. The molecule has 4 rings (SSSR count). The Morgan fingerprint density at radius 1 is 1.10 bits per heavy atom. The SMILES string of the molecule is CCc1nc2c(-c3ccccc3)c3ccncc3cn2n1. The highest BCUT2D eigenvalue weighted by Gasteiger charge is 2.13. The van der Waals surface area contributed by atoms with Crippen molar-refractivity contribution in [1.29, 1.82) is 0 Å². The van der Waals surface area contributed by atoms with Gasteiger partial charge in [-0.15, -0.1) is 0 Å². The van der Waals surface area contributed by atoms with Gasteiger partial charge < -0.3 is 0 Å². The molecule has 102 valence electrons. The Morgan fingerprint density at radius 3 is 2.76 bits per heavy atom. The molecule has 0 aliphatic carbocycles. The van der Waals surface area contributed by atoms with E-state index in [1.807, 2.05) is 47.4 Å². The van der Waals surface area contributed by atoms with Gasteiger partial charge in [0.25, 0.3) is 0 Å². The summed E-state index contributed by atoms with van der Waals surface area (Å²) in [7, 11) is 0. The number of hydrogen-bond acceptors (Lipinski definition) is 3. The summed E-state index contributed by atoms with van der Waals surface area (Å²) >= 11 is 0. The molecular weight excluding hydrogens is 260 g/mol. The average molecular weight is 274 g/mol. The largest absolute Gasteiger partial charge is 0.264 e. The summed E-state index contributed by atoms with van der Waals surface area (Å²) in [5, 5.41) is 6.76. The first kappa shape index (κ1) is 12.0. The normalized spacial score (nSPS) is 11.3. The molecule has 0 fully saturated rings. The monoisotopic (exact) mass is 274 g/mol. The average Bonchev–Trinajstić information content (AvgIpc) is 2.96. The van der Waals surface area contributed by atoms with E-state index in [9.17, 15) is 0 Å². The Kier molecular flexibility index (Phi) is 2.67. The Bertz CT molecular complexity index is 925. The maximum absolute atomic E-state index is 4.69. The fourth-order valence-electron chi connectivity index (χ4n) is 2.66. The predicted octanol–water partition coefficient (Wildman–Crippen LogP) is 3.51. The number of aromatic nitrogens is 4. The van der Waals surface area contributed by atoms with Gasteiger partial charge in [0.05, 0.1) is 0 Å². The second-order valence-corrected chi connectivity index (χ2v) is 4.98. The maximum atomic E-state index is 4.69. The van der Waals surface area contributed by atoms with Gasteiger partial charge in [0.15, 0.2) is 11.5 Å². The summed E-state index contributed by atoms with van der Waals surface area (Å²) in [6.45, 7) is 2.07. The molecule has 0 radical (unpaired) electrons. The van der Waals surface area contributed by atoms with Gasteiger partial charge in [-0.25, -0.2) is 9.50 Å². The summed E-state index contributed by atoms with van der Waals surface area (Å²) in [6, 6.07) is 12.4. The van der Waals surface area contributed by atoms with Gasteiger partial charge in [-0.1, -0.05) is 37.3 Å². The van der Waals surface area contributed by atoms with E-state index < -0.39 is 0 Å². The molecule has 3 heterocycles. The summed E-state index contributed by atoms with van der Waals surface area (Å²) < 4.78 is 1.87. The van der Waals surface area contributed by atoms with E-state index in [-0.39, 0.29) is 0 Å². The van der Waals surface area contributed by atoms with E-state index in [0.717, 1.165) is 39.8 Å². The van der Waals surface area contributed by atoms with Gasteiger partial charge in [0, 0.05) is 36.0 Å². The van der Waals surface area contributed by atoms with Crippen molar-refractivity contribution in [3.05, 3.63) is 60.8 Å². The highest BCUT2D eigenvalue weighted by atomic mass is 15.3. The minimum atomic E-state index is 0.824. The molecule has 0 amide bonds. The molecule has 0 spiro atoms. The van der Waals surface area contributed by atoms with Gasteiger partial charge in [0.2, 0.25) is 0 Å². The molecule has 4 heteroatoms. The molecule has 1 aromatic carbocycles. The number of aryl methyl sites for hydroxylation is 1. The van der Waals surface area contributed by atoms with Crippen LogP contribution in [0.2, 0.25) is 0 Å². The zero-order valence-corrected chi connectivity index (χ0v) is 11.7. The summed E-state index contributed by atoms with van der Waals surface area (Å²) in [5.41, 5.74) is 3.16.